The molecule has 0 bridgehead atoms. The number of nitrogens with zero attached hydrogens (tertiary/aromatic N) is 1. The summed E-state index contributed by atoms with van der Waals surface area (Å²) >= 11 is 12.3. The average molecular weight is 440 g/mol. The maximum Gasteiger partial charge on any atom is 0.119 e. The summed E-state index contributed by atoms with van der Waals surface area (Å²) in [6, 6.07) is 24.4. The molecule has 0 saturated heterocycles. The van der Waals surface area contributed by atoms with Gasteiger partial charge in [-0.1, -0.05) is 66.5 Å². The second kappa shape index (κ2) is 10.7. The van der Waals surface area contributed by atoms with E-state index in [9.17, 15) is 0 Å². The van der Waals surface area contributed by atoms with Crippen molar-refractivity contribution in [3.63, 3.8) is 0 Å². The van der Waals surface area contributed by atoms with Crippen LogP contribution in [0.3, 0.4) is 0 Å². The first-order chi connectivity index (χ1) is 14.5. The summed E-state index contributed by atoms with van der Waals surface area (Å²) in [4.78, 5) is 2.11. The molecule has 0 N–H and O–H groups in total. The topological polar surface area (TPSA) is 12.5 Å². The molecule has 0 amide bonds. The van der Waals surface area contributed by atoms with Gasteiger partial charge in [0.1, 0.15) is 12.4 Å². The Bertz CT molecular complexity index is 975. The SMILES string of the molecule is CC/C(=C(\c1ccc(Cl)cc1)c1ccc(OCCN(C)C)cc1)c1ccc(Cl)cc1. The summed E-state index contributed by atoms with van der Waals surface area (Å²) < 4.78 is 5.87. The smallest absolute Gasteiger partial charge is 0.119 e. The molecule has 0 unspecified atom stereocenters. The number of ether oxygens (including phenoxy) is 1. The first-order valence-corrected chi connectivity index (χ1v) is 10.9. The fourth-order valence-corrected chi connectivity index (χ4v) is 3.62. The molecule has 0 aliphatic carbocycles. The van der Waals surface area contributed by atoms with Crippen molar-refractivity contribution in [2.45, 2.75) is 13.3 Å². The van der Waals surface area contributed by atoms with E-state index in [2.05, 4.69) is 48.2 Å². The van der Waals surface area contributed by atoms with Crippen LogP contribution in [0.25, 0.3) is 11.1 Å². The van der Waals surface area contributed by atoms with Crippen LogP contribution in [-0.4, -0.2) is 32.1 Å². The molecule has 0 spiro atoms. The van der Waals surface area contributed by atoms with E-state index < -0.39 is 0 Å². The van der Waals surface area contributed by atoms with Gasteiger partial charge in [-0.05, 0) is 84.8 Å². The Labute approximate surface area is 189 Å². The zero-order valence-electron chi connectivity index (χ0n) is 17.7. The van der Waals surface area contributed by atoms with Gasteiger partial charge >= 0.3 is 0 Å². The third kappa shape index (κ3) is 5.89. The number of hydrogen-bond acceptors (Lipinski definition) is 2. The number of likely N-dealkylation sites (N-methyl/N-ethyl adjacent to an activating group) is 1. The second-order valence-electron chi connectivity index (χ2n) is 7.40. The molecular weight excluding hydrogens is 413 g/mol. The minimum atomic E-state index is 0.664. The Morgan fingerprint density at radius 1 is 0.733 bits per heavy atom. The minimum Gasteiger partial charge on any atom is -0.492 e. The summed E-state index contributed by atoms with van der Waals surface area (Å²) in [5.41, 5.74) is 5.89. The normalized spacial score (nSPS) is 12.1. The predicted molar refractivity (Wildman–Crippen MR) is 130 cm³/mol. The van der Waals surface area contributed by atoms with Crippen molar-refractivity contribution in [2.24, 2.45) is 0 Å². The molecule has 3 aromatic carbocycles. The van der Waals surface area contributed by atoms with Crippen LogP contribution >= 0.6 is 23.2 Å². The van der Waals surface area contributed by atoms with E-state index in [1.54, 1.807) is 0 Å². The lowest BCUT2D eigenvalue weighted by atomic mass is 9.88. The number of halogens is 2. The quantitative estimate of drug-likeness (QED) is 0.341. The van der Waals surface area contributed by atoms with Crippen molar-refractivity contribution in [2.75, 3.05) is 27.2 Å². The second-order valence-corrected chi connectivity index (χ2v) is 8.27. The van der Waals surface area contributed by atoms with Gasteiger partial charge in [0.15, 0.2) is 0 Å². The van der Waals surface area contributed by atoms with Crippen LogP contribution in [0.15, 0.2) is 72.8 Å². The van der Waals surface area contributed by atoms with E-state index in [1.165, 1.54) is 11.1 Å². The van der Waals surface area contributed by atoms with E-state index in [4.69, 9.17) is 27.9 Å². The minimum absolute atomic E-state index is 0.664. The lowest BCUT2D eigenvalue weighted by Crippen LogP contribution is -2.19. The molecule has 30 heavy (non-hydrogen) atoms. The van der Waals surface area contributed by atoms with E-state index >= 15 is 0 Å². The number of benzene rings is 3. The van der Waals surface area contributed by atoms with Gasteiger partial charge in [0.25, 0.3) is 0 Å². The zero-order chi connectivity index (χ0) is 21.5. The molecule has 4 heteroatoms. The monoisotopic (exact) mass is 439 g/mol. The van der Waals surface area contributed by atoms with Crippen LogP contribution in [0.2, 0.25) is 10.0 Å². The highest BCUT2D eigenvalue weighted by molar-refractivity contribution is 6.31. The lowest BCUT2D eigenvalue weighted by molar-refractivity contribution is 0.261. The summed E-state index contributed by atoms with van der Waals surface area (Å²) in [6.45, 7) is 3.73. The molecule has 3 rings (SSSR count). The Kier molecular flexibility index (Phi) is 7.98. The van der Waals surface area contributed by atoms with Crippen LogP contribution in [0, 0.1) is 0 Å². The van der Waals surface area contributed by atoms with Crippen LogP contribution in [0.4, 0.5) is 0 Å². The predicted octanol–water partition coefficient (Wildman–Crippen LogP) is 7.30. The lowest BCUT2D eigenvalue weighted by Gasteiger charge is -2.17. The largest absolute Gasteiger partial charge is 0.492 e. The van der Waals surface area contributed by atoms with E-state index in [-0.39, 0.29) is 0 Å². The summed E-state index contributed by atoms with van der Waals surface area (Å²) in [6.07, 6.45) is 0.890. The third-order valence-corrected chi connectivity index (χ3v) is 5.44. The molecule has 0 heterocycles. The van der Waals surface area contributed by atoms with Crippen molar-refractivity contribution >= 4 is 34.3 Å². The van der Waals surface area contributed by atoms with Gasteiger partial charge in [-0.15, -0.1) is 0 Å². The molecule has 2 nitrogen and oxygen atoms in total. The first-order valence-electron chi connectivity index (χ1n) is 10.1. The molecule has 3 aromatic rings. The van der Waals surface area contributed by atoms with Gasteiger partial charge in [-0.2, -0.15) is 0 Å². The third-order valence-electron chi connectivity index (χ3n) is 4.93. The Hall–Kier alpha value is -2.26. The number of hydrogen-bond donors (Lipinski definition) is 0. The molecule has 0 fully saturated rings. The zero-order valence-corrected chi connectivity index (χ0v) is 19.2. The highest BCUT2D eigenvalue weighted by Gasteiger charge is 2.13. The maximum absolute atomic E-state index is 6.15. The standard InChI is InChI=1S/C26H27Cl2NO/c1-4-25(19-5-11-22(27)12-6-19)26(20-7-13-23(28)14-8-20)21-9-15-24(16-10-21)30-18-17-29(2)3/h5-16H,4,17-18H2,1-3H3/b26-25-. The molecular formula is C26H27Cl2NO. The van der Waals surface area contributed by atoms with Gasteiger partial charge in [-0.25, -0.2) is 0 Å². The highest BCUT2D eigenvalue weighted by Crippen LogP contribution is 2.35. The Balaban J connectivity index is 2.03. The maximum atomic E-state index is 6.15. The molecule has 0 atom stereocenters. The van der Waals surface area contributed by atoms with Crippen LogP contribution in [-0.2, 0) is 0 Å². The van der Waals surface area contributed by atoms with Crippen molar-refractivity contribution < 1.29 is 4.74 Å². The van der Waals surface area contributed by atoms with E-state index in [0.717, 1.165) is 45.5 Å². The Morgan fingerprint density at radius 3 is 1.67 bits per heavy atom. The summed E-state index contributed by atoms with van der Waals surface area (Å²) in [5.74, 6) is 0.876. The highest BCUT2D eigenvalue weighted by atomic mass is 35.5. The fraction of sp³-hybridized carbons (Fsp3) is 0.231. The molecule has 0 aromatic heterocycles. The Morgan fingerprint density at radius 2 is 1.20 bits per heavy atom. The van der Waals surface area contributed by atoms with Crippen molar-refractivity contribution in [3.05, 3.63) is 99.5 Å². The van der Waals surface area contributed by atoms with Crippen molar-refractivity contribution in [1.82, 2.24) is 4.90 Å². The van der Waals surface area contributed by atoms with Gasteiger partial charge in [0.2, 0.25) is 0 Å². The number of allylic oxidation sites excluding steroid dienone is 1. The summed E-state index contributed by atoms with van der Waals surface area (Å²) in [7, 11) is 4.08. The van der Waals surface area contributed by atoms with E-state index in [1.807, 2.05) is 50.5 Å². The average Bonchev–Trinajstić information content (AvgIpc) is 2.74. The molecule has 0 radical (unpaired) electrons. The molecule has 156 valence electrons. The van der Waals surface area contributed by atoms with Gasteiger partial charge < -0.3 is 9.64 Å². The van der Waals surface area contributed by atoms with Crippen molar-refractivity contribution in [3.8, 4) is 5.75 Å². The van der Waals surface area contributed by atoms with Crippen LogP contribution < -0.4 is 4.74 Å². The van der Waals surface area contributed by atoms with Gasteiger partial charge in [0, 0.05) is 16.6 Å². The molecule has 0 aliphatic heterocycles. The fourth-order valence-electron chi connectivity index (χ4n) is 3.37. The van der Waals surface area contributed by atoms with Crippen molar-refractivity contribution in [1.29, 1.82) is 0 Å². The van der Waals surface area contributed by atoms with Gasteiger partial charge in [-0.3, -0.25) is 0 Å². The van der Waals surface area contributed by atoms with E-state index in [0.29, 0.717) is 6.61 Å². The van der Waals surface area contributed by atoms with Crippen LogP contribution in [0.1, 0.15) is 30.0 Å². The van der Waals surface area contributed by atoms with Gasteiger partial charge in [0.05, 0.1) is 0 Å². The molecule has 0 aliphatic rings. The first kappa shape index (κ1) is 22.4. The summed E-state index contributed by atoms with van der Waals surface area (Å²) in [5, 5.41) is 1.47. The van der Waals surface area contributed by atoms with Crippen LogP contribution in [0.5, 0.6) is 5.75 Å². The molecule has 0 saturated carbocycles. The number of rotatable bonds is 8.